The number of hydrogen-bond donors (Lipinski definition) is 2. The molecule has 2 N–H and O–H groups in total. The van der Waals surface area contributed by atoms with Crippen molar-refractivity contribution in [2.75, 3.05) is 18.5 Å². The van der Waals surface area contributed by atoms with Crippen LogP contribution in [0.2, 0.25) is 0 Å². The van der Waals surface area contributed by atoms with Crippen molar-refractivity contribution in [3.8, 4) is 6.07 Å². The van der Waals surface area contributed by atoms with Crippen LogP contribution in [0.4, 0.5) is 5.69 Å². The maximum absolute atomic E-state index is 8.67. The van der Waals surface area contributed by atoms with Gasteiger partial charge in [0.25, 0.3) is 0 Å². The Morgan fingerprint density at radius 1 is 1.42 bits per heavy atom. The molecule has 3 heteroatoms. The summed E-state index contributed by atoms with van der Waals surface area (Å²) in [6, 6.07) is 9.27. The van der Waals surface area contributed by atoms with Crippen LogP contribution in [0.5, 0.6) is 0 Å². The van der Waals surface area contributed by atoms with Crippen LogP contribution in [0.15, 0.2) is 24.3 Å². The van der Waals surface area contributed by atoms with Gasteiger partial charge in [0.1, 0.15) is 6.07 Å². The molecule has 1 rings (SSSR count). The number of nitrogens with zero attached hydrogens (tertiary/aromatic N) is 1. The highest BCUT2D eigenvalue weighted by Crippen LogP contribution is 2.12. The van der Waals surface area contributed by atoms with Crippen LogP contribution in [0.25, 0.3) is 0 Å². The fraction of sp³-hybridized carbons (Fsp3) is 0.222. The van der Waals surface area contributed by atoms with Gasteiger partial charge in [-0.25, -0.2) is 0 Å². The van der Waals surface area contributed by atoms with E-state index < -0.39 is 0 Å². The van der Waals surface area contributed by atoms with Gasteiger partial charge >= 0.3 is 0 Å². The predicted molar refractivity (Wildman–Crippen MR) is 46.7 cm³/mol. The molecule has 0 aliphatic heterocycles. The summed E-state index contributed by atoms with van der Waals surface area (Å²) in [6.07, 6.45) is 0. The molecule has 0 atom stereocenters. The van der Waals surface area contributed by atoms with Crippen molar-refractivity contribution in [3.63, 3.8) is 0 Å². The van der Waals surface area contributed by atoms with Crippen LogP contribution in [-0.2, 0) is 0 Å². The summed E-state index contributed by atoms with van der Waals surface area (Å²) in [7, 11) is 0. The number of aliphatic hydroxyl groups is 1. The average Bonchev–Trinajstić information content (AvgIpc) is 2.15. The fourth-order valence-corrected chi connectivity index (χ4v) is 0.925. The quantitative estimate of drug-likeness (QED) is 0.696. The molecule has 0 spiro atoms. The Hall–Kier alpha value is -1.53. The van der Waals surface area contributed by atoms with E-state index in [4.69, 9.17) is 10.4 Å². The Balaban J connectivity index is 2.77. The third kappa shape index (κ3) is 1.97. The Kier molecular flexibility index (Phi) is 3.12. The topological polar surface area (TPSA) is 56.0 Å². The second kappa shape index (κ2) is 4.37. The molecule has 0 bridgehead atoms. The number of nitrogens with one attached hydrogen (secondary N) is 1. The summed E-state index contributed by atoms with van der Waals surface area (Å²) >= 11 is 0. The highest BCUT2D eigenvalue weighted by molar-refractivity contribution is 5.56. The van der Waals surface area contributed by atoms with E-state index in [0.29, 0.717) is 12.1 Å². The minimum atomic E-state index is 0.0692. The van der Waals surface area contributed by atoms with E-state index in [2.05, 4.69) is 11.4 Å². The molecule has 62 valence electrons. The van der Waals surface area contributed by atoms with Crippen LogP contribution in [0.1, 0.15) is 5.56 Å². The Morgan fingerprint density at radius 2 is 2.17 bits per heavy atom. The van der Waals surface area contributed by atoms with Crippen LogP contribution in [0, 0.1) is 11.3 Å². The van der Waals surface area contributed by atoms with Gasteiger partial charge in [-0.2, -0.15) is 5.26 Å². The number of rotatable bonds is 3. The minimum absolute atomic E-state index is 0.0692. The van der Waals surface area contributed by atoms with Crippen molar-refractivity contribution in [3.05, 3.63) is 29.8 Å². The number of benzene rings is 1. The highest BCUT2D eigenvalue weighted by Gasteiger charge is 1.97. The lowest BCUT2D eigenvalue weighted by molar-refractivity contribution is 0.311. The number of nitriles is 1. The zero-order chi connectivity index (χ0) is 8.81. The Bertz CT molecular complexity index is 291. The lowest BCUT2D eigenvalue weighted by Crippen LogP contribution is -2.06. The molecule has 0 heterocycles. The SMILES string of the molecule is N#Cc1ccccc1NCCO. The molecule has 0 aromatic heterocycles. The molecule has 3 nitrogen and oxygen atoms in total. The van der Waals surface area contributed by atoms with Gasteiger partial charge in [0.2, 0.25) is 0 Å². The largest absolute Gasteiger partial charge is 0.395 e. The molecule has 0 aliphatic carbocycles. The van der Waals surface area contributed by atoms with E-state index in [1.54, 1.807) is 6.07 Å². The van der Waals surface area contributed by atoms with Crippen molar-refractivity contribution in [2.24, 2.45) is 0 Å². The standard InChI is InChI=1S/C9H10N2O/c10-7-8-3-1-2-4-9(8)11-5-6-12/h1-4,11-12H,5-6H2. The van der Waals surface area contributed by atoms with E-state index in [9.17, 15) is 0 Å². The Morgan fingerprint density at radius 3 is 2.83 bits per heavy atom. The van der Waals surface area contributed by atoms with Crippen LogP contribution in [0.3, 0.4) is 0 Å². The summed E-state index contributed by atoms with van der Waals surface area (Å²) in [5.41, 5.74) is 1.38. The van der Waals surface area contributed by atoms with Gasteiger partial charge in [-0.05, 0) is 12.1 Å². The lowest BCUT2D eigenvalue weighted by atomic mass is 10.2. The molecule has 0 unspecified atom stereocenters. The zero-order valence-electron chi connectivity index (χ0n) is 6.62. The molecule has 0 saturated heterocycles. The molecule has 0 fully saturated rings. The molecule has 0 aliphatic rings. The minimum Gasteiger partial charge on any atom is -0.395 e. The van der Waals surface area contributed by atoms with Crippen molar-refractivity contribution < 1.29 is 5.11 Å². The van der Waals surface area contributed by atoms with Gasteiger partial charge in [0.15, 0.2) is 0 Å². The van der Waals surface area contributed by atoms with Gasteiger partial charge < -0.3 is 10.4 Å². The molecule has 0 saturated carbocycles. The van der Waals surface area contributed by atoms with E-state index in [1.807, 2.05) is 18.2 Å². The first-order valence-corrected chi connectivity index (χ1v) is 3.72. The van der Waals surface area contributed by atoms with Crippen molar-refractivity contribution in [1.29, 1.82) is 5.26 Å². The normalized spacial score (nSPS) is 9.00. The smallest absolute Gasteiger partial charge is 0.101 e. The van der Waals surface area contributed by atoms with Gasteiger partial charge in [0, 0.05) is 6.54 Å². The van der Waals surface area contributed by atoms with Crippen LogP contribution in [-0.4, -0.2) is 18.3 Å². The van der Waals surface area contributed by atoms with E-state index in [-0.39, 0.29) is 6.61 Å². The first-order chi connectivity index (χ1) is 5.88. The molecule has 1 aromatic rings. The van der Waals surface area contributed by atoms with Crippen molar-refractivity contribution in [2.45, 2.75) is 0 Å². The van der Waals surface area contributed by atoms with Gasteiger partial charge in [-0.15, -0.1) is 0 Å². The maximum atomic E-state index is 8.67. The molecular formula is C9H10N2O. The average molecular weight is 162 g/mol. The van der Waals surface area contributed by atoms with E-state index in [0.717, 1.165) is 5.69 Å². The summed E-state index contributed by atoms with van der Waals surface area (Å²) in [5.74, 6) is 0. The fourth-order valence-electron chi connectivity index (χ4n) is 0.925. The summed E-state index contributed by atoms with van der Waals surface area (Å²) in [6.45, 7) is 0.540. The maximum Gasteiger partial charge on any atom is 0.101 e. The summed E-state index contributed by atoms with van der Waals surface area (Å²) in [4.78, 5) is 0. The van der Waals surface area contributed by atoms with E-state index in [1.165, 1.54) is 0 Å². The molecule has 0 radical (unpaired) electrons. The number of hydrogen-bond acceptors (Lipinski definition) is 3. The van der Waals surface area contributed by atoms with Crippen molar-refractivity contribution in [1.82, 2.24) is 0 Å². The van der Waals surface area contributed by atoms with E-state index >= 15 is 0 Å². The van der Waals surface area contributed by atoms with Gasteiger partial charge in [0.05, 0.1) is 17.9 Å². The lowest BCUT2D eigenvalue weighted by Gasteiger charge is -2.04. The van der Waals surface area contributed by atoms with Crippen LogP contribution >= 0.6 is 0 Å². The zero-order valence-corrected chi connectivity index (χ0v) is 6.62. The molecule has 12 heavy (non-hydrogen) atoms. The van der Waals surface area contributed by atoms with Crippen LogP contribution < -0.4 is 5.32 Å². The number of anilines is 1. The number of para-hydroxylation sites is 1. The highest BCUT2D eigenvalue weighted by atomic mass is 16.3. The molecule has 0 amide bonds. The third-order valence-corrected chi connectivity index (χ3v) is 1.47. The summed E-state index contributed by atoms with van der Waals surface area (Å²) < 4.78 is 0. The van der Waals surface area contributed by atoms with Crippen molar-refractivity contribution >= 4 is 5.69 Å². The first-order valence-electron chi connectivity index (χ1n) is 3.72. The van der Waals surface area contributed by atoms with Gasteiger partial charge in [-0.3, -0.25) is 0 Å². The summed E-state index contributed by atoms with van der Waals surface area (Å²) in [5, 5.41) is 20.2. The molecule has 1 aromatic carbocycles. The second-order valence-electron chi connectivity index (χ2n) is 2.31. The number of aliphatic hydroxyl groups excluding tert-OH is 1. The van der Waals surface area contributed by atoms with Gasteiger partial charge in [-0.1, -0.05) is 12.1 Å². The predicted octanol–water partition coefficient (Wildman–Crippen LogP) is 0.962. The monoisotopic (exact) mass is 162 g/mol. The second-order valence-corrected chi connectivity index (χ2v) is 2.31. The third-order valence-electron chi connectivity index (χ3n) is 1.47. The Labute approximate surface area is 71.3 Å². The molecular weight excluding hydrogens is 152 g/mol. The first kappa shape index (κ1) is 8.57.